The molecule has 1 saturated heterocycles. The summed E-state index contributed by atoms with van der Waals surface area (Å²) in [5, 5.41) is 13.3. The number of phenolic OH excluding ortho intramolecular Hbond substituents is 1. The molecule has 0 saturated carbocycles. The molecule has 1 aliphatic rings. The van der Waals surface area contributed by atoms with Crippen molar-refractivity contribution in [3.05, 3.63) is 28.8 Å². The molecule has 1 aliphatic heterocycles. The van der Waals surface area contributed by atoms with E-state index in [0.717, 1.165) is 6.42 Å². The van der Waals surface area contributed by atoms with Crippen molar-refractivity contribution < 1.29 is 13.5 Å². The average Bonchev–Trinajstić information content (AvgIpc) is 2.27. The Bertz CT molecular complexity index is 510. The molecule has 1 atom stereocenters. The van der Waals surface area contributed by atoms with Crippen molar-refractivity contribution >= 4 is 21.4 Å². The molecule has 0 spiro atoms. The number of sulfone groups is 1. The first-order chi connectivity index (χ1) is 8.48. The number of hydrogen-bond donors (Lipinski definition) is 2. The summed E-state index contributed by atoms with van der Waals surface area (Å²) in [5.74, 6) is 0.578. The van der Waals surface area contributed by atoms with E-state index >= 15 is 0 Å². The van der Waals surface area contributed by atoms with Crippen molar-refractivity contribution in [2.24, 2.45) is 0 Å². The van der Waals surface area contributed by atoms with Crippen LogP contribution in [0.1, 0.15) is 18.4 Å². The third-order valence-corrected chi connectivity index (χ3v) is 5.30. The van der Waals surface area contributed by atoms with Crippen LogP contribution < -0.4 is 5.32 Å². The Morgan fingerprint density at radius 3 is 2.89 bits per heavy atom. The van der Waals surface area contributed by atoms with Gasteiger partial charge in [0, 0.05) is 23.2 Å². The zero-order valence-electron chi connectivity index (χ0n) is 9.89. The van der Waals surface area contributed by atoms with Crippen LogP contribution in [0.4, 0.5) is 0 Å². The number of hydrogen-bond acceptors (Lipinski definition) is 4. The molecule has 4 nitrogen and oxygen atoms in total. The van der Waals surface area contributed by atoms with E-state index in [2.05, 4.69) is 5.32 Å². The highest BCUT2D eigenvalue weighted by molar-refractivity contribution is 7.91. The minimum absolute atomic E-state index is 0.0561. The summed E-state index contributed by atoms with van der Waals surface area (Å²) in [6, 6.07) is 4.89. The molecular formula is C12H16ClNO3S. The number of phenols is 1. The van der Waals surface area contributed by atoms with Crippen molar-refractivity contribution in [3.8, 4) is 5.75 Å². The lowest BCUT2D eigenvalue weighted by Gasteiger charge is -2.23. The van der Waals surface area contributed by atoms with E-state index < -0.39 is 9.84 Å². The third kappa shape index (κ3) is 3.37. The van der Waals surface area contributed by atoms with Crippen LogP contribution in [0, 0.1) is 0 Å². The van der Waals surface area contributed by atoms with Crippen LogP contribution in [0.5, 0.6) is 5.75 Å². The van der Waals surface area contributed by atoms with E-state index in [1.54, 1.807) is 18.2 Å². The molecule has 18 heavy (non-hydrogen) atoms. The van der Waals surface area contributed by atoms with Gasteiger partial charge in [-0.2, -0.15) is 0 Å². The maximum atomic E-state index is 11.5. The molecule has 1 aromatic carbocycles. The molecule has 2 rings (SSSR count). The molecular weight excluding hydrogens is 274 g/mol. The molecule has 1 fully saturated rings. The van der Waals surface area contributed by atoms with Crippen LogP contribution in [0.15, 0.2) is 18.2 Å². The second-order valence-corrected chi connectivity index (χ2v) is 7.21. The fourth-order valence-corrected chi connectivity index (χ4v) is 4.06. The van der Waals surface area contributed by atoms with Gasteiger partial charge in [-0.05, 0) is 25.0 Å². The van der Waals surface area contributed by atoms with Gasteiger partial charge in [0.15, 0.2) is 9.84 Å². The molecule has 6 heteroatoms. The number of rotatable bonds is 3. The fraction of sp³-hybridized carbons (Fsp3) is 0.500. The smallest absolute Gasteiger partial charge is 0.151 e. The van der Waals surface area contributed by atoms with Crippen LogP contribution in [-0.2, 0) is 16.4 Å². The molecule has 1 heterocycles. The van der Waals surface area contributed by atoms with Gasteiger partial charge < -0.3 is 10.4 Å². The number of halogens is 1. The topological polar surface area (TPSA) is 66.4 Å². The molecule has 1 unspecified atom stereocenters. The number of benzene rings is 1. The highest BCUT2D eigenvalue weighted by atomic mass is 35.5. The lowest BCUT2D eigenvalue weighted by molar-refractivity contribution is 0.449. The minimum Gasteiger partial charge on any atom is -0.508 e. The van der Waals surface area contributed by atoms with Crippen molar-refractivity contribution in [2.45, 2.75) is 25.4 Å². The Hall–Kier alpha value is -0.780. The molecule has 1 aromatic rings. The van der Waals surface area contributed by atoms with E-state index in [1.165, 1.54) is 0 Å². The van der Waals surface area contributed by atoms with E-state index in [9.17, 15) is 13.5 Å². The fourth-order valence-electron chi connectivity index (χ4n) is 2.15. The first-order valence-corrected chi connectivity index (χ1v) is 8.08. The van der Waals surface area contributed by atoms with Gasteiger partial charge in [-0.25, -0.2) is 8.42 Å². The van der Waals surface area contributed by atoms with Crippen LogP contribution in [-0.4, -0.2) is 31.1 Å². The Balaban J connectivity index is 2.00. The third-order valence-electron chi connectivity index (χ3n) is 3.12. The monoisotopic (exact) mass is 289 g/mol. The average molecular weight is 290 g/mol. The van der Waals surface area contributed by atoms with E-state index in [1.807, 2.05) is 0 Å². The minimum atomic E-state index is -2.91. The molecule has 100 valence electrons. The van der Waals surface area contributed by atoms with Gasteiger partial charge in [0.1, 0.15) is 5.75 Å². The second kappa shape index (κ2) is 5.47. The largest absolute Gasteiger partial charge is 0.508 e. The van der Waals surface area contributed by atoms with Crippen LogP contribution in [0.25, 0.3) is 0 Å². The molecule has 0 amide bonds. The highest BCUT2D eigenvalue weighted by Crippen LogP contribution is 2.25. The van der Waals surface area contributed by atoms with Gasteiger partial charge in [-0.1, -0.05) is 17.7 Å². The highest BCUT2D eigenvalue weighted by Gasteiger charge is 2.24. The first kappa shape index (κ1) is 13.6. The Kier molecular flexibility index (Phi) is 4.14. The van der Waals surface area contributed by atoms with Crippen molar-refractivity contribution in [1.82, 2.24) is 5.32 Å². The maximum Gasteiger partial charge on any atom is 0.151 e. The normalized spacial score (nSPS) is 22.8. The van der Waals surface area contributed by atoms with Crippen molar-refractivity contribution in [3.63, 3.8) is 0 Å². The van der Waals surface area contributed by atoms with Crippen LogP contribution in [0.3, 0.4) is 0 Å². The quantitative estimate of drug-likeness (QED) is 0.889. The van der Waals surface area contributed by atoms with Gasteiger partial charge in [0.05, 0.1) is 11.5 Å². The Labute approximate surface area is 112 Å². The maximum absolute atomic E-state index is 11.5. The van der Waals surface area contributed by atoms with Gasteiger partial charge in [0.2, 0.25) is 0 Å². The van der Waals surface area contributed by atoms with Crippen molar-refractivity contribution in [1.29, 1.82) is 0 Å². The van der Waals surface area contributed by atoms with Gasteiger partial charge in [-0.3, -0.25) is 0 Å². The molecule has 0 aliphatic carbocycles. The second-order valence-electron chi connectivity index (χ2n) is 4.57. The van der Waals surface area contributed by atoms with Crippen LogP contribution >= 0.6 is 11.6 Å². The van der Waals surface area contributed by atoms with Crippen molar-refractivity contribution in [2.75, 3.05) is 11.5 Å². The Morgan fingerprint density at radius 1 is 1.44 bits per heavy atom. The van der Waals surface area contributed by atoms with Crippen LogP contribution in [0.2, 0.25) is 5.02 Å². The predicted molar refractivity (Wildman–Crippen MR) is 71.6 cm³/mol. The predicted octanol–water partition coefficient (Wildman–Crippen LogP) is 1.71. The number of aromatic hydroxyl groups is 1. The molecule has 0 radical (unpaired) electrons. The zero-order chi connectivity index (χ0) is 13.2. The van der Waals surface area contributed by atoms with E-state index in [-0.39, 0.29) is 23.3 Å². The summed E-state index contributed by atoms with van der Waals surface area (Å²) in [7, 11) is -2.91. The van der Waals surface area contributed by atoms with Gasteiger partial charge >= 0.3 is 0 Å². The lowest BCUT2D eigenvalue weighted by atomic mass is 10.1. The number of nitrogens with one attached hydrogen (secondary N) is 1. The standard InChI is InChI=1S/C12H16ClNO3S/c13-11-4-1-5-12(15)10(11)7-14-9-3-2-6-18(16,17)8-9/h1,4-5,9,14-15H,2-3,6-8H2. The van der Waals surface area contributed by atoms with E-state index in [4.69, 9.17) is 11.6 Å². The summed E-state index contributed by atoms with van der Waals surface area (Å²) < 4.78 is 23.0. The molecule has 0 aromatic heterocycles. The SMILES string of the molecule is O=S1(=O)CCCC(NCc2c(O)cccc2Cl)C1. The lowest BCUT2D eigenvalue weighted by Crippen LogP contribution is -2.39. The van der Waals surface area contributed by atoms with E-state index in [0.29, 0.717) is 23.6 Å². The van der Waals surface area contributed by atoms with Gasteiger partial charge in [0.25, 0.3) is 0 Å². The molecule has 2 N–H and O–H groups in total. The summed E-state index contributed by atoms with van der Waals surface area (Å²) in [4.78, 5) is 0. The summed E-state index contributed by atoms with van der Waals surface area (Å²) in [6.07, 6.45) is 1.53. The zero-order valence-corrected chi connectivity index (χ0v) is 11.5. The molecule has 0 bridgehead atoms. The Morgan fingerprint density at radius 2 is 2.22 bits per heavy atom. The summed E-state index contributed by atoms with van der Waals surface area (Å²) in [5.41, 5.74) is 0.613. The van der Waals surface area contributed by atoms with Gasteiger partial charge in [-0.15, -0.1) is 0 Å². The summed E-state index contributed by atoms with van der Waals surface area (Å²) >= 11 is 5.98. The first-order valence-electron chi connectivity index (χ1n) is 5.88. The summed E-state index contributed by atoms with van der Waals surface area (Å²) in [6.45, 7) is 0.381.